The molecule has 2 aromatic rings. The van der Waals surface area contributed by atoms with Crippen molar-refractivity contribution in [1.82, 2.24) is 15.2 Å². The zero-order chi connectivity index (χ0) is 17.1. The van der Waals surface area contributed by atoms with E-state index in [4.69, 9.17) is 0 Å². The summed E-state index contributed by atoms with van der Waals surface area (Å²) in [5.41, 5.74) is 0.807. The number of nitrogens with zero attached hydrogens (tertiary/aromatic N) is 1. The molecule has 2 amide bonds. The first-order chi connectivity index (χ1) is 11.5. The Labute approximate surface area is 137 Å². The summed E-state index contributed by atoms with van der Waals surface area (Å²) in [5, 5.41) is 2.42. The molecule has 0 aliphatic carbocycles. The molecule has 1 atom stereocenters. The van der Waals surface area contributed by atoms with Gasteiger partial charge in [-0.2, -0.15) is 0 Å². The minimum absolute atomic E-state index is 0.0315. The Balaban J connectivity index is 1.61. The number of rotatable bonds is 4. The number of aromatic amines is 1. The number of hydrogen-bond donors (Lipinski definition) is 2. The van der Waals surface area contributed by atoms with Crippen LogP contribution in [0.3, 0.4) is 0 Å². The second-order valence-corrected chi connectivity index (χ2v) is 5.71. The molecule has 2 N–H and O–H groups in total. The van der Waals surface area contributed by atoms with E-state index < -0.39 is 17.5 Å². The molecule has 1 aliphatic heterocycles. The molecule has 5 nitrogen and oxygen atoms in total. The highest BCUT2D eigenvalue weighted by Gasteiger charge is 2.30. The molecule has 1 unspecified atom stereocenters. The third-order valence-corrected chi connectivity index (χ3v) is 4.08. The number of nitrogens with one attached hydrogen (secondary N) is 2. The maximum atomic E-state index is 13.1. The van der Waals surface area contributed by atoms with Crippen LogP contribution in [0, 0.1) is 11.6 Å². The molecule has 0 radical (unpaired) electrons. The molecule has 24 heavy (non-hydrogen) atoms. The van der Waals surface area contributed by atoms with Crippen LogP contribution in [0.4, 0.5) is 8.78 Å². The van der Waals surface area contributed by atoms with Crippen LogP contribution in [0.5, 0.6) is 0 Å². The van der Waals surface area contributed by atoms with Gasteiger partial charge in [-0.1, -0.05) is 0 Å². The molecule has 2 heterocycles. The van der Waals surface area contributed by atoms with Gasteiger partial charge < -0.3 is 15.2 Å². The fourth-order valence-electron chi connectivity index (χ4n) is 2.98. The highest BCUT2D eigenvalue weighted by atomic mass is 19.1. The summed E-state index contributed by atoms with van der Waals surface area (Å²) in [4.78, 5) is 29.1. The third kappa shape index (κ3) is 3.45. The first kappa shape index (κ1) is 16.2. The molecule has 1 fully saturated rings. The lowest BCUT2D eigenvalue weighted by atomic mass is 10.1. The molecule has 1 saturated heterocycles. The fraction of sp³-hybridized carbons (Fsp3) is 0.294. The summed E-state index contributed by atoms with van der Waals surface area (Å²) < 4.78 is 26.3. The normalized spacial score (nSPS) is 17.1. The van der Waals surface area contributed by atoms with Crippen molar-refractivity contribution in [2.24, 2.45) is 0 Å². The fourth-order valence-corrected chi connectivity index (χ4v) is 2.98. The van der Waals surface area contributed by atoms with Crippen LogP contribution in [0.15, 0.2) is 36.5 Å². The molecule has 1 aliphatic rings. The molecule has 0 bridgehead atoms. The number of aromatic nitrogens is 1. The Kier molecular flexibility index (Phi) is 4.59. The quantitative estimate of drug-likeness (QED) is 0.902. The predicted molar refractivity (Wildman–Crippen MR) is 83.2 cm³/mol. The number of halogens is 2. The van der Waals surface area contributed by atoms with Crippen LogP contribution in [-0.4, -0.2) is 34.8 Å². The lowest BCUT2D eigenvalue weighted by Crippen LogP contribution is -2.40. The standard InChI is InChI=1S/C17H17F2N3O2/c18-12-7-11(8-13(19)9-12)17(24)21-10-16(23)22-6-2-4-15(22)14-3-1-5-20-14/h1,3,5,7-9,15,20H,2,4,6,10H2,(H,21,24). The van der Waals surface area contributed by atoms with Gasteiger partial charge >= 0.3 is 0 Å². The number of likely N-dealkylation sites (tertiary alicyclic amines) is 1. The van der Waals surface area contributed by atoms with Gasteiger partial charge in [-0.25, -0.2) is 8.78 Å². The molecule has 3 rings (SSSR count). The van der Waals surface area contributed by atoms with E-state index >= 15 is 0 Å². The molecule has 126 valence electrons. The summed E-state index contributed by atoms with van der Waals surface area (Å²) in [5.74, 6) is -2.58. The second-order valence-electron chi connectivity index (χ2n) is 5.71. The van der Waals surface area contributed by atoms with E-state index in [2.05, 4.69) is 10.3 Å². The minimum atomic E-state index is -0.835. The maximum absolute atomic E-state index is 13.1. The van der Waals surface area contributed by atoms with Crippen molar-refractivity contribution in [3.63, 3.8) is 0 Å². The summed E-state index contributed by atoms with van der Waals surface area (Å²) in [6.07, 6.45) is 3.55. The van der Waals surface area contributed by atoms with Crippen LogP contribution in [0.1, 0.15) is 34.9 Å². The van der Waals surface area contributed by atoms with Crippen molar-refractivity contribution in [2.45, 2.75) is 18.9 Å². The predicted octanol–water partition coefficient (Wildman–Crippen LogP) is 2.39. The lowest BCUT2D eigenvalue weighted by molar-refractivity contribution is -0.131. The summed E-state index contributed by atoms with van der Waals surface area (Å²) in [6, 6.07) is 6.31. The monoisotopic (exact) mass is 333 g/mol. The van der Waals surface area contributed by atoms with E-state index in [1.807, 2.05) is 12.1 Å². The number of carbonyl (C=O) groups excluding carboxylic acids is 2. The van der Waals surface area contributed by atoms with Crippen LogP contribution in [-0.2, 0) is 4.79 Å². The van der Waals surface area contributed by atoms with Gasteiger partial charge in [0.15, 0.2) is 0 Å². The average molecular weight is 333 g/mol. The second kappa shape index (κ2) is 6.82. The number of amides is 2. The molecule has 0 saturated carbocycles. The van der Waals surface area contributed by atoms with E-state index in [9.17, 15) is 18.4 Å². The van der Waals surface area contributed by atoms with E-state index in [0.717, 1.165) is 30.7 Å². The van der Waals surface area contributed by atoms with Crippen molar-refractivity contribution in [3.8, 4) is 0 Å². The zero-order valence-corrected chi connectivity index (χ0v) is 12.9. The van der Waals surface area contributed by atoms with Crippen molar-refractivity contribution in [1.29, 1.82) is 0 Å². The van der Waals surface area contributed by atoms with Crippen LogP contribution >= 0.6 is 0 Å². The Hall–Kier alpha value is -2.70. The molecule has 1 aromatic carbocycles. The largest absolute Gasteiger partial charge is 0.363 e. The minimum Gasteiger partial charge on any atom is -0.363 e. The van der Waals surface area contributed by atoms with E-state index in [1.165, 1.54) is 0 Å². The van der Waals surface area contributed by atoms with Crippen molar-refractivity contribution >= 4 is 11.8 Å². The SMILES string of the molecule is O=C(NCC(=O)N1CCCC1c1ccc[nH]1)c1cc(F)cc(F)c1. The van der Waals surface area contributed by atoms with Crippen LogP contribution in [0.25, 0.3) is 0 Å². The average Bonchev–Trinajstić information content (AvgIpc) is 3.21. The van der Waals surface area contributed by atoms with E-state index in [-0.39, 0.29) is 24.1 Å². The third-order valence-electron chi connectivity index (χ3n) is 4.08. The summed E-state index contributed by atoms with van der Waals surface area (Å²) in [7, 11) is 0. The highest BCUT2D eigenvalue weighted by Crippen LogP contribution is 2.30. The van der Waals surface area contributed by atoms with Crippen molar-refractivity contribution in [3.05, 3.63) is 59.4 Å². The van der Waals surface area contributed by atoms with Gasteiger partial charge in [0.25, 0.3) is 5.91 Å². The lowest BCUT2D eigenvalue weighted by Gasteiger charge is -2.24. The first-order valence-electron chi connectivity index (χ1n) is 7.71. The van der Waals surface area contributed by atoms with Gasteiger partial charge in [0.1, 0.15) is 11.6 Å². The van der Waals surface area contributed by atoms with Gasteiger partial charge in [0.2, 0.25) is 5.91 Å². The van der Waals surface area contributed by atoms with Gasteiger partial charge in [-0.15, -0.1) is 0 Å². The highest BCUT2D eigenvalue weighted by molar-refractivity contribution is 5.96. The Morgan fingerprint density at radius 3 is 2.67 bits per heavy atom. The first-order valence-corrected chi connectivity index (χ1v) is 7.71. The Morgan fingerprint density at radius 1 is 1.25 bits per heavy atom. The van der Waals surface area contributed by atoms with Gasteiger partial charge in [0, 0.05) is 30.1 Å². The van der Waals surface area contributed by atoms with Crippen molar-refractivity contribution < 1.29 is 18.4 Å². The number of H-pyrrole nitrogens is 1. The van der Waals surface area contributed by atoms with Crippen molar-refractivity contribution in [2.75, 3.05) is 13.1 Å². The summed E-state index contributed by atoms with van der Waals surface area (Å²) in [6.45, 7) is 0.404. The molecule has 1 aromatic heterocycles. The molecular formula is C17H17F2N3O2. The van der Waals surface area contributed by atoms with Crippen LogP contribution < -0.4 is 5.32 Å². The summed E-state index contributed by atoms with van der Waals surface area (Å²) >= 11 is 0. The smallest absolute Gasteiger partial charge is 0.251 e. The zero-order valence-electron chi connectivity index (χ0n) is 12.9. The number of carbonyl (C=O) groups is 2. The van der Waals surface area contributed by atoms with E-state index in [0.29, 0.717) is 12.6 Å². The maximum Gasteiger partial charge on any atom is 0.251 e. The molecule has 0 spiro atoms. The van der Waals surface area contributed by atoms with E-state index in [1.54, 1.807) is 11.1 Å². The van der Waals surface area contributed by atoms with Gasteiger partial charge in [-0.3, -0.25) is 9.59 Å². The number of hydrogen-bond acceptors (Lipinski definition) is 2. The molecule has 7 heteroatoms. The molecular weight excluding hydrogens is 316 g/mol. The topological polar surface area (TPSA) is 65.2 Å². The Morgan fingerprint density at radius 2 is 2.00 bits per heavy atom. The Bertz CT molecular complexity index is 726. The van der Waals surface area contributed by atoms with Crippen LogP contribution in [0.2, 0.25) is 0 Å². The van der Waals surface area contributed by atoms with Gasteiger partial charge in [-0.05, 0) is 37.1 Å². The van der Waals surface area contributed by atoms with Gasteiger partial charge in [0.05, 0.1) is 12.6 Å². The number of benzene rings is 1.